The fraction of sp³-hybridized carbons (Fsp3) is 0.533. The molecular formula is C15H21NO4. The van der Waals surface area contributed by atoms with Gasteiger partial charge in [-0.05, 0) is 30.5 Å². The lowest BCUT2D eigenvalue weighted by Gasteiger charge is -2.31. The van der Waals surface area contributed by atoms with Gasteiger partial charge in [-0.15, -0.1) is 0 Å². The smallest absolute Gasteiger partial charge is 0.335 e. The molecule has 2 N–H and O–H groups in total. The minimum atomic E-state index is -0.890. The Hall–Kier alpha value is -1.43. The number of nitrogens with zero attached hydrogens (tertiary/aromatic N) is 1. The highest BCUT2D eigenvalue weighted by molar-refractivity contribution is 5.87. The molecule has 5 heteroatoms. The number of benzene rings is 1. The third-order valence-electron chi connectivity index (χ3n) is 3.59. The van der Waals surface area contributed by atoms with E-state index in [1.54, 1.807) is 12.1 Å². The molecule has 0 aromatic heterocycles. The van der Waals surface area contributed by atoms with Crippen molar-refractivity contribution in [3.05, 3.63) is 35.4 Å². The molecule has 1 fully saturated rings. The highest BCUT2D eigenvalue weighted by Gasteiger charge is 2.19. The van der Waals surface area contributed by atoms with Crippen molar-refractivity contribution in [2.45, 2.75) is 25.5 Å². The molecule has 0 radical (unpaired) electrons. The van der Waals surface area contributed by atoms with Gasteiger partial charge in [0, 0.05) is 19.6 Å². The van der Waals surface area contributed by atoms with Gasteiger partial charge in [0.15, 0.2) is 0 Å². The van der Waals surface area contributed by atoms with E-state index in [0.29, 0.717) is 12.2 Å². The Morgan fingerprint density at radius 1 is 1.25 bits per heavy atom. The van der Waals surface area contributed by atoms with Crippen molar-refractivity contribution in [2.24, 2.45) is 0 Å². The maximum absolute atomic E-state index is 10.8. The van der Waals surface area contributed by atoms with Crippen LogP contribution in [-0.2, 0) is 11.3 Å². The van der Waals surface area contributed by atoms with Crippen LogP contribution in [0.5, 0.6) is 0 Å². The zero-order valence-electron chi connectivity index (χ0n) is 11.5. The first-order valence-electron chi connectivity index (χ1n) is 6.96. The minimum absolute atomic E-state index is 0.0795. The number of aliphatic hydroxyl groups is 1. The van der Waals surface area contributed by atoms with Crippen LogP contribution in [0.25, 0.3) is 0 Å². The first-order chi connectivity index (χ1) is 9.69. The fourth-order valence-corrected chi connectivity index (χ4v) is 2.46. The predicted octanol–water partition coefficient (Wildman–Crippen LogP) is 1.36. The van der Waals surface area contributed by atoms with Crippen molar-refractivity contribution in [3.63, 3.8) is 0 Å². The molecule has 0 aliphatic carbocycles. The van der Waals surface area contributed by atoms with Gasteiger partial charge < -0.3 is 14.9 Å². The Balaban J connectivity index is 1.79. The topological polar surface area (TPSA) is 70.0 Å². The molecule has 0 spiro atoms. The van der Waals surface area contributed by atoms with Crippen molar-refractivity contribution in [3.8, 4) is 0 Å². The monoisotopic (exact) mass is 279 g/mol. The number of likely N-dealkylation sites (tertiary alicyclic amines) is 1. The fourth-order valence-electron chi connectivity index (χ4n) is 2.46. The number of carboxylic acid groups (broad SMARTS) is 1. The van der Waals surface area contributed by atoms with Crippen molar-refractivity contribution in [2.75, 3.05) is 26.3 Å². The average molecular weight is 279 g/mol. The largest absolute Gasteiger partial charge is 0.478 e. The molecule has 1 aliphatic heterocycles. The van der Waals surface area contributed by atoms with Gasteiger partial charge in [0.05, 0.1) is 24.9 Å². The second-order valence-corrected chi connectivity index (χ2v) is 5.07. The first-order valence-corrected chi connectivity index (χ1v) is 6.96. The van der Waals surface area contributed by atoms with Gasteiger partial charge in [0.1, 0.15) is 0 Å². The molecular weight excluding hydrogens is 258 g/mol. The van der Waals surface area contributed by atoms with Crippen LogP contribution < -0.4 is 0 Å². The lowest BCUT2D eigenvalue weighted by atomic mass is 10.1. The Morgan fingerprint density at radius 3 is 2.45 bits per heavy atom. The van der Waals surface area contributed by atoms with Gasteiger partial charge in [-0.2, -0.15) is 0 Å². The highest BCUT2D eigenvalue weighted by atomic mass is 16.5. The number of piperidine rings is 1. The number of hydrogen-bond acceptors (Lipinski definition) is 4. The maximum Gasteiger partial charge on any atom is 0.335 e. The van der Waals surface area contributed by atoms with Gasteiger partial charge >= 0.3 is 5.97 Å². The normalized spacial score (nSPS) is 17.2. The number of aliphatic hydroxyl groups excluding tert-OH is 1. The van der Waals surface area contributed by atoms with E-state index in [1.807, 2.05) is 12.1 Å². The third-order valence-corrected chi connectivity index (χ3v) is 3.59. The van der Waals surface area contributed by atoms with Gasteiger partial charge in [0.2, 0.25) is 0 Å². The van der Waals surface area contributed by atoms with E-state index in [0.717, 1.165) is 38.0 Å². The van der Waals surface area contributed by atoms with Gasteiger partial charge in [-0.3, -0.25) is 4.90 Å². The zero-order chi connectivity index (χ0) is 14.4. The van der Waals surface area contributed by atoms with E-state index >= 15 is 0 Å². The van der Waals surface area contributed by atoms with Crippen LogP contribution in [0, 0.1) is 0 Å². The summed E-state index contributed by atoms with van der Waals surface area (Å²) >= 11 is 0. The molecule has 5 nitrogen and oxygen atoms in total. The maximum atomic E-state index is 10.8. The number of aromatic carboxylic acids is 1. The molecule has 0 atom stereocenters. The molecule has 1 aromatic rings. The number of carbonyl (C=O) groups is 1. The predicted molar refractivity (Wildman–Crippen MR) is 74.7 cm³/mol. The second kappa shape index (κ2) is 7.38. The standard InChI is InChI=1S/C15H21NO4/c17-9-10-20-14-5-7-16(8-6-14)11-12-1-3-13(4-2-12)15(18)19/h1-4,14,17H,5-11H2,(H,18,19). The van der Waals surface area contributed by atoms with Crippen molar-refractivity contribution >= 4 is 5.97 Å². The molecule has 0 bridgehead atoms. The first kappa shape index (κ1) is 15.0. The Bertz CT molecular complexity index is 424. The summed E-state index contributed by atoms with van der Waals surface area (Å²) in [6.45, 7) is 3.28. The van der Waals surface area contributed by atoms with Gasteiger partial charge in [-0.25, -0.2) is 4.79 Å². The zero-order valence-corrected chi connectivity index (χ0v) is 11.5. The summed E-state index contributed by atoms with van der Waals surface area (Å²) < 4.78 is 5.53. The summed E-state index contributed by atoms with van der Waals surface area (Å²) in [6, 6.07) is 7.04. The number of hydrogen-bond donors (Lipinski definition) is 2. The highest BCUT2D eigenvalue weighted by Crippen LogP contribution is 2.16. The van der Waals surface area contributed by atoms with Gasteiger partial charge in [0.25, 0.3) is 0 Å². The van der Waals surface area contributed by atoms with E-state index in [9.17, 15) is 4.79 Å². The van der Waals surface area contributed by atoms with Crippen molar-refractivity contribution in [1.82, 2.24) is 4.90 Å². The molecule has 0 amide bonds. The molecule has 2 rings (SSSR count). The summed E-state index contributed by atoms with van der Waals surface area (Å²) in [5, 5.41) is 17.6. The Kier molecular flexibility index (Phi) is 5.52. The summed E-state index contributed by atoms with van der Waals surface area (Å²) in [5.74, 6) is -0.890. The molecule has 0 unspecified atom stereocenters. The van der Waals surface area contributed by atoms with E-state index in [4.69, 9.17) is 14.9 Å². The quantitative estimate of drug-likeness (QED) is 0.823. The van der Waals surface area contributed by atoms with Crippen LogP contribution in [-0.4, -0.2) is 53.5 Å². The average Bonchev–Trinajstić information content (AvgIpc) is 2.47. The minimum Gasteiger partial charge on any atom is -0.478 e. The molecule has 110 valence electrons. The summed E-state index contributed by atoms with van der Waals surface area (Å²) in [7, 11) is 0. The van der Waals surface area contributed by atoms with Crippen molar-refractivity contribution in [1.29, 1.82) is 0 Å². The van der Waals surface area contributed by atoms with Crippen LogP contribution >= 0.6 is 0 Å². The van der Waals surface area contributed by atoms with Crippen LogP contribution in [0.15, 0.2) is 24.3 Å². The number of ether oxygens (including phenoxy) is 1. The second-order valence-electron chi connectivity index (χ2n) is 5.07. The van der Waals surface area contributed by atoms with Crippen LogP contribution in [0.4, 0.5) is 0 Å². The van der Waals surface area contributed by atoms with E-state index in [2.05, 4.69) is 4.90 Å². The molecule has 1 heterocycles. The number of carboxylic acids is 1. The molecule has 1 aliphatic rings. The Labute approximate surface area is 118 Å². The van der Waals surface area contributed by atoms with E-state index in [-0.39, 0.29) is 12.7 Å². The summed E-state index contributed by atoms with van der Waals surface area (Å²) in [6.07, 6.45) is 2.22. The summed E-state index contributed by atoms with van der Waals surface area (Å²) in [4.78, 5) is 13.1. The third kappa shape index (κ3) is 4.30. The molecule has 20 heavy (non-hydrogen) atoms. The van der Waals surface area contributed by atoms with E-state index < -0.39 is 5.97 Å². The van der Waals surface area contributed by atoms with Crippen LogP contribution in [0.3, 0.4) is 0 Å². The van der Waals surface area contributed by atoms with Crippen molar-refractivity contribution < 1.29 is 19.7 Å². The Morgan fingerprint density at radius 2 is 1.90 bits per heavy atom. The van der Waals surface area contributed by atoms with Crippen LogP contribution in [0.2, 0.25) is 0 Å². The molecule has 1 saturated heterocycles. The lowest BCUT2D eigenvalue weighted by molar-refractivity contribution is -0.00901. The molecule has 0 saturated carbocycles. The SMILES string of the molecule is O=C(O)c1ccc(CN2CCC(OCCO)CC2)cc1. The van der Waals surface area contributed by atoms with Gasteiger partial charge in [-0.1, -0.05) is 12.1 Å². The number of rotatable bonds is 6. The summed E-state index contributed by atoms with van der Waals surface area (Å²) in [5.41, 5.74) is 1.45. The lowest BCUT2D eigenvalue weighted by Crippen LogP contribution is -2.36. The molecule has 1 aromatic carbocycles. The van der Waals surface area contributed by atoms with Crippen LogP contribution in [0.1, 0.15) is 28.8 Å². The van der Waals surface area contributed by atoms with E-state index in [1.165, 1.54) is 0 Å².